The van der Waals surface area contributed by atoms with Crippen molar-refractivity contribution in [2.24, 2.45) is 0 Å². The lowest BCUT2D eigenvalue weighted by Gasteiger charge is -2.25. The van der Waals surface area contributed by atoms with Crippen LogP contribution in [-0.2, 0) is 13.9 Å². The van der Waals surface area contributed by atoms with Crippen LogP contribution in [0.1, 0.15) is 0 Å². The third-order valence-corrected chi connectivity index (χ3v) is 4.71. The number of nitrogens with one attached hydrogen (secondary N) is 1. The van der Waals surface area contributed by atoms with E-state index < -0.39 is 19.7 Å². The summed E-state index contributed by atoms with van der Waals surface area (Å²) in [5.74, 6) is -0.553. The number of halogens is 2. The van der Waals surface area contributed by atoms with Crippen LogP contribution >= 0.6 is 30.9 Å². The molecular weight excluding hydrogens is 278 g/mol. The van der Waals surface area contributed by atoms with E-state index in [1.165, 1.54) is 4.67 Å². The van der Waals surface area contributed by atoms with Crippen molar-refractivity contribution in [2.45, 2.75) is 6.04 Å². The van der Waals surface area contributed by atoms with Gasteiger partial charge in [-0.2, -0.15) is 0 Å². The van der Waals surface area contributed by atoms with Crippen molar-refractivity contribution in [2.75, 3.05) is 31.5 Å². The largest absolute Gasteiger partial charge is 0.480 e. The number of rotatable bonds is 6. The lowest BCUT2D eigenvalue weighted by molar-refractivity contribution is -0.139. The lowest BCUT2D eigenvalue weighted by Crippen LogP contribution is -2.35. The van der Waals surface area contributed by atoms with E-state index >= 15 is 0 Å². The molecule has 94 valence electrons. The highest BCUT2D eigenvalue weighted by Gasteiger charge is 2.42. The highest BCUT2D eigenvalue weighted by atomic mass is 35.5. The van der Waals surface area contributed by atoms with E-state index in [4.69, 9.17) is 32.8 Å². The zero-order chi connectivity index (χ0) is 12.2. The molecule has 0 unspecified atom stereocenters. The summed E-state index contributed by atoms with van der Waals surface area (Å²) in [6.07, 6.45) is 0. The van der Waals surface area contributed by atoms with E-state index in [0.717, 1.165) is 0 Å². The molecule has 6 nitrogen and oxygen atoms in total. The van der Waals surface area contributed by atoms with Gasteiger partial charge in [-0.3, -0.25) is 9.36 Å². The molecule has 0 aromatic heterocycles. The van der Waals surface area contributed by atoms with Gasteiger partial charge in [0.25, 0.3) is 0 Å². The van der Waals surface area contributed by atoms with Crippen molar-refractivity contribution >= 4 is 36.8 Å². The second-order valence-corrected chi connectivity index (χ2v) is 6.05. The summed E-state index contributed by atoms with van der Waals surface area (Å²) in [7, 11) is -3.29. The summed E-state index contributed by atoms with van der Waals surface area (Å²) in [5.41, 5.74) is 0. The number of nitrogens with zero attached hydrogens (tertiary/aromatic N) is 1. The minimum atomic E-state index is -3.29. The number of hydrogen-bond donors (Lipinski definition) is 2. The van der Waals surface area contributed by atoms with Gasteiger partial charge in [-0.15, -0.1) is 23.2 Å². The van der Waals surface area contributed by atoms with Crippen LogP contribution in [0.5, 0.6) is 0 Å². The Kier molecular flexibility index (Phi) is 5.50. The normalized spacial score (nSPS) is 29.8. The monoisotopic (exact) mass is 290 g/mol. The summed E-state index contributed by atoms with van der Waals surface area (Å²) >= 11 is 11.1. The molecule has 2 N–H and O–H groups in total. The molecule has 0 aromatic carbocycles. The van der Waals surface area contributed by atoms with Crippen LogP contribution in [0, 0.1) is 0 Å². The van der Waals surface area contributed by atoms with Crippen molar-refractivity contribution in [3.8, 4) is 0 Å². The van der Waals surface area contributed by atoms with Gasteiger partial charge in [-0.1, -0.05) is 0 Å². The highest BCUT2D eigenvalue weighted by Crippen LogP contribution is 2.50. The van der Waals surface area contributed by atoms with E-state index in [0.29, 0.717) is 13.1 Å². The molecule has 0 radical (unpaired) electrons. The minimum Gasteiger partial charge on any atom is -0.480 e. The van der Waals surface area contributed by atoms with Gasteiger partial charge in [0.15, 0.2) is 0 Å². The number of carboxylic acid groups (broad SMARTS) is 1. The Hall–Kier alpha value is 0.160. The Balaban J connectivity index is 2.69. The molecule has 1 fully saturated rings. The fourth-order valence-corrected chi connectivity index (χ4v) is 4.01. The van der Waals surface area contributed by atoms with Gasteiger partial charge < -0.3 is 9.63 Å². The molecular formula is C7H13Cl2N2O4P. The van der Waals surface area contributed by atoms with Gasteiger partial charge in [-0.25, -0.2) is 9.76 Å². The standard InChI is InChI=1S/C7H13Cl2N2O4P/c8-1-3-11(4-2-9)16(14)10-6(5-15-16)7(12)13/h6H,1-5H2,(H,10,14)(H,12,13)/t6-,16-/m1/s1. The van der Waals surface area contributed by atoms with E-state index in [1.54, 1.807) is 0 Å². The quantitative estimate of drug-likeness (QED) is 0.560. The van der Waals surface area contributed by atoms with Gasteiger partial charge in [0, 0.05) is 24.8 Å². The van der Waals surface area contributed by atoms with Crippen molar-refractivity contribution in [1.29, 1.82) is 0 Å². The highest BCUT2D eigenvalue weighted by molar-refractivity contribution is 7.54. The van der Waals surface area contributed by atoms with Crippen molar-refractivity contribution < 1.29 is 19.0 Å². The molecule has 1 rings (SSSR count). The van der Waals surface area contributed by atoms with E-state index in [-0.39, 0.29) is 18.4 Å². The topological polar surface area (TPSA) is 78.9 Å². The predicted molar refractivity (Wildman–Crippen MR) is 61.1 cm³/mol. The molecule has 0 bridgehead atoms. The molecule has 0 aliphatic carbocycles. The third kappa shape index (κ3) is 3.32. The molecule has 0 spiro atoms. The Morgan fingerprint density at radius 1 is 1.50 bits per heavy atom. The van der Waals surface area contributed by atoms with Crippen LogP contribution in [-0.4, -0.2) is 53.2 Å². The van der Waals surface area contributed by atoms with Crippen LogP contribution in [0.2, 0.25) is 0 Å². The SMILES string of the molecule is O=C(O)[C@H]1CO[P@@](=O)(N(CCCl)CCCl)N1. The molecule has 0 saturated carbocycles. The van der Waals surface area contributed by atoms with Gasteiger partial charge in [0.1, 0.15) is 6.04 Å². The van der Waals surface area contributed by atoms with Crippen molar-refractivity contribution in [1.82, 2.24) is 9.76 Å². The number of alkyl halides is 2. The molecule has 2 atom stereocenters. The van der Waals surface area contributed by atoms with E-state index in [1.807, 2.05) is 0 Å². The first-order valence-corrected chi connectivity index (χ1v) is 7.30. The average Bonchev–Trinajstić information content (AvgIpc) is 2.62. The minimum absolute atomic E-state index is 0.117. The molecule has 0 amide bonds. The number of carbonyl (C=O) groups is 1. The lowest BCUT2D eigenvalue weighted by atomic mass is 10.3. The maximum atomic E-state index is 12.2. The second kappa shape index (κ2) is 6.19. The summed E-state index contributed by atoms with van der Waals surface area (Å²) in [4.78, 5) is 10.7. The summed E-state index contributed by atoms with van der Waals surface area (Å²) in [6.45, 7) is 0.531. The number of aliphatic carboxylic acids is 1. The van der Waals surface area contributed by atoms with Crippen LogP contribution in [0.3, 0.4) is 0 Å². The Morgan fingerprint density at radius 2 is 2.06 bits per heavy atom. The second-order valence-electron chi connectivity index (χ2n) is 3.17. The van der Waals surface area contributed by atoms with Crippen molar-refractivity contribution in [3.63, 3.8) is 0 Å². The van der Waals surface area contributed by atoms with Crippen LogP contribution in [0.25, 0.3) is 0 Å². The number of hydrogen-bond acceptors (Lipinski definition) is 3. The molecule has 1 heterocycles. The van der Waals surface area contributed by atoms with Gasteiger partial charge in [0.05, 0.1) is 6.61 Å². The van der Waals surface area contributed by atoms with Crippen LogP contribution in [0.15, 0.2) is 0 Å². The smallest absolute Gasteiger partial charge is 0.344 e. The zero-order valence-corrected chi connectivity index (χ0v) is 10.8. The fraction of sp³-hybridized carbons (Fsp3) is 0.857. The van der Waals surface area contributed by atoms with Crippen LogP contribution < -0.4 is 5.09 Å². The van der Waals surface area contributed by atoms with Gasteiger partial charge in [-0.05, 0) is 0 Å². The Morgan fingerprint density at radius 3 is 2.44 bits per heavy atom. The van der Waals surface area contributed by atoms with Crippen LogP contribution in [0.4, 0.5) is 0 Å². The molecule has 1 aliphatic heterocycles. The van der Waals surface area contributed by atoms with E-state index in [2.05, 4.69) is 5.09 Å². The summed E-state index contributed by atoms with van der Waals surface area (Å²) in [6, 6.07) is -0.945. The zero-order valence-electron chi connectivity index (χ0n) is 8.44. The van der Waals surface area contributed by atoms with Gasteiger partial charge >= 0.3 is 13.6 Å². The first-order valence-electron chi connectivity index (χ1n) is 4.66. The Labute approximate surface area is 103 Å². The predicted octanol–water partition coefficient (Wildman–Crippen LogP) is 0.947. The average molecular weight is 291 g/mol. The van der Waals surface area contributed by atoms with Gasteiger partial charge in [0.2, 0.25) is 0 Å². The Bertz CT molecular complexity index is 298. The van der Waals surface area contributed by atoms with E-state index in [9.17, 15) is 9.36 Å². The first-order chi connectivity index (χ1) is 7.53. The first kappa shape index (κ1) is 14.2. The molecule has 16 heavy (non-hydrogen) atoms. The third-order valence-electron chi connectivity index (χ3n) is 2.09. The number of carboxylic acids is 1. The summed E-state index contributed by atoms with van der Waals surface area (Å²) in [5, 5.41) is 11.2. The molecule has 9 heteroatoms. The molecule has 0 aromatic rings. The maximum absolute atomic E-state index is 12.2. The van der Waals surface area contributed by atoms with Crippen molar-refractivity contribution in [3.05, 3.63) is 0 Å². The molecule has 1 saturated heterocycles. The molecule has 1 aliphatic rings. The fourth-order valence-electron chi connectivity index (χ4n) is 1.31. The summed E-state index contributed by atoms with van der Waals surface area (Å²) < 4.78 is 18.7. The maximum Gasteiger partial charge on any atom is 0.344 e.